The van der Waals surface area contributed by atoms with E-state index in [0.29, 0.717) is 6.42 Å². The summed E-state index contributed by atoms with van der Waals surface area (Å²) in [5.74, 6) is -1.54. The van der Waals surface area contributed by atoms with Crippen LogP contribution in [0.4, 0.5) is 0 Å². The molecule has 0 bridgehead atoms. The third kappa shape index (κ3) is 3.48. The highest BCUT2D eigenvalue weighted by molar-refractivity contribution is 5.87. The van der Waals surface area contributed by atoms with Crippen LogP contribution in [-0.2, 0) is 14.3 Å². The molecule has 0 heterocycles. The first kappa shape index (κ1) is 18.1. The monoisotopic (exact) mass is 353 g/mol. The van der Waals surface area contributed by atoms with Crippen molar-refractivity contribution in [2.75, 3.05) is 6.61 Å². The van der Waals surface area contributed by atoms with Gasteiger partial charge in [-0.1, -0.05) is 54.6 Å². The normalized spacial score (nSPS) is 22.5. The summed E-state index contributed by atoms with van der Waals surface area (Å²) in [5.41, 5.74) is 2.05. The first-order chi connectivity index (χ1) is 12.5. The predicted octanol–water partition coefficient (Wildman–Crippen LogP) is 3.21. The van der Waals surface area contributed by atoms with Gasteiger partial charge in [-0.05, 0) is 37.0 Å². The summed E-state index contributed by atoms with van der Waals surface area (Å²) >= 11 is 0. The molecule has 0 saturated heterocycles. The third-order valence-electron chi connectivity index (χ3n) is 4.88. The fourth-order valence-corrected chi connectivity index (χ4v) is 3.37. The Kier molecular flexibility index (Phi) is 5.09. The van der Waals surface area contributed by atoms with Crippen molar-refractivity contribution in [2.45, 2.75) is 37.8 Å². The highest BCUT2D eigenvalue weighted by Gasteiger charge is 2.62. The minimum Gasteiger partial charge on any atom is -0.480 e. The number of carbonyl (C=O) groups is 2. The number of carbonyl (C=O) groups excluding carboxylic acids is 1. The lowest BCUT2D eigenvalue weighted by atomic mass is 10.0. The first-order valence-corrected chi connectivity index (χ1v) is 8.81. The van der Waals surface area contributed by atoms with Crippen molar-refractivity contribution < 1.29 is 19.4 Å². The Labute approximate surface area is 153 Å². The van der Waals surface area contributed by atoms with Gasteiger partial charge in [0.2, 0.25) is 0 Å². The van der Waals surface area contributed by atoms with Crippen LogP contribution in [0.25, 0.3) is 11.1 Å². The molecule has 5 nitrogen and oxygen atoms in total. The molecule has 0 aliphatic heterocycles. The molecule has 136 valence electrons. The predicted molar refractivity (Wildman–Crippen MR) is 98.8 cm³/mol. The molecular weight excluding hydrogens is 330 g/mol. The van der Waals surface area contributed by atoms with Gasteiger partial charge in [-0.3, -0.25) is 14.9 Å². The van der Waals surface area contributed by atoms with E-state index in [1.165, 1.54) is 0 Å². The lowest BCUT2D eigenvalue weighted by Gasteiger charge is -2.20. The van der Waals surface area contributed by atoms with Crippen LogP contribution in [0, 0.1) is 0 Å². The molecule has 1 aliphatic rings. The molecule has 0 amide bonds. The summed E-state index contributed by atoms with van der Waals surface area (Å²) in [6.45, 7) is 3.64. The Bertz CT molecular complexity index is 787. The van der Waals surface area contributed by atoms with E-state index in [2.05, 4.69) is 5.32 Å². The van der Waals surface area contributed by atoms with Gasteiger partial charge < -0.3 is 9.84 Å². The zero-order chi connectivity index (χ0) is 18.7. The Morgan fingerprint density at radius 3 is 2.35 bits per heavy atom. The Morgan fingerprint density at radius 1 is 1.15 bits per heavy atom. The molecule has 2 N–H and O–H groups in total. The van der Waals surface area contributed by atoms with Gasteiger partial charge in [0.15, 0.2) is 0 Å². The summed E-state index contributed by atoms with van der Waals surface area (Å²) in [6, 6.07) is 17.3. The van der Waals surface area contributed by atoms with Gasteiger partial charge in [0.05, 0.1) is 6.61 Å². The zero-order valence-corrected chi connectivity index (χ0v) is 14.9. The van der Waals surface area contributed by atoms with Crippen molar-refractivity contribution in [3.05, 3.63) is 60.2 Å². The van der Waals surface area contributed by atoms with Crippen molar-refractivity contribution in [2.24, 2.45) is 0 Å². The molecule has 1 fully saturated rings. The van der Waals surface area contributed by atoms with Crippen molar-refractivity contribution in [3.63, 3.8) is 0 Å². The van der Waals surface area contributed by atoms with Gasteiger partial charge in [0.1, 0.15) is 11.6 Å². The van der Waals surface area contributed by atoms with Crippen LogP contribution in [-0.4, -0.2) is 35.2 Å². The molecule has 2 aromatic carbocycles. The summed E-state index contributed by atoms with van der Waals surface area (Å²) in [7, 11) is 0. The highest BCUT2D eigenvalue weighted by atomic mass is 16.5. The quantitative estimate of drug-likeness (QED) is 0.748. The van der Waals surface area contributed by atoms with Gasteiger partial charge in [0, 0.05) is 5.92 Å². The summed E-state index contributed by atoms with van der Waals surface area (Å²) in [5, 5.41) is 12.7. The molecule has 3 atom stereocenters. The Hall–Kier alpha value is -2.66. The summed E-state index contributed by atoms with van der Waals surface area (Å²) < 4.78 is 4.97. The average Bonchev–Trinajstić information content (AvgIpc) is 3.38. The summed E-state index contributed by atoms with van der Waals surface area (Å²) in [6.07, 6.45) is 0.455. The second-order valence-electron chi connectivity index (χ2n) is 6.64. The molecule has 2 unspecified atom stereocenters. The second-order valence-corrected chi connectivity index (χ2v) is 6.64. The van der Waals surface area contributed by atoms with E-state index in [1.807, 2.05) is 54.6 Å². The number of hydrogen-bond donors (Lipinski definition) is 2. The molecule has 26 heavy (non-hydrogen) atoms. The van der Waals surface area contributed by atoms with Gasteiger partial charge in [-0.25, -0.2) is 0 Å². The van der Waals surface area contributed by atoms with Gasteiger partial charge in [0.25, 0.3) is 0 Å². The number of aliphatic carboxylic acids is 1. The van der Waals surface area contributed by atoms with Crippen LogP contribution in [0.15, 0.2) is 54.6 Å². The smallest absolute Gasteiger partial charge is 0.324 e. The standard InChI is InChI=1S/C21H23NO4/c1-3-26-19(23)14(2)22-21(20(24)25)13-18(21)17-11-9-16(10-12-17)15-7-5-4-6-8-15/h4-12,14,18,22H,3,13H2,1-2H3,(H,24,25)/t14-,18?,21?/m0/s1. The number of carboxylic acids is 1. The van der Waals surface area contributed by atoms with E-state index in [-0.39, 0.29) is 12.5 Å². The number of benzene rings is 2. The van der Waals surface area contributed by atoms with Crippen LogP contribution < -0.4 is 5.32 Å². The first-order valence-electron chi connectivity index (χ1n) is 8.81. The van der Waals surface area contributed by atoms with E-state index in [9.17, 15) is 14.7 Å². The lowest BCUT2D eigenvalue weighted by molar-refractivity contribution is -0.147. The number of carboxylic acid groups (broad SMARTS) is 1. The summed E-state index contributed by atoms with van der Waals surface area (Å²) in [4.78, 5) is 23.7. The van der Waals surface area contributed by atoms with Crippen LogP contribution >= 0.6 is 0 Å². The third-order valence-corrected chi connectivity index (χ3v) is 4.88. The molecular formula is C21H23NO4. The number of ether oxygens (including phenoxy) is 1. The number of rotatable bonds is 7. The number of esters is 1. The molecule has 1 saturated carbocycles. The van der Waals surface area contributed by atoms with Gasteiger partial charge in [-0.15, -0.1) is 0 Å². The second kappa shape index (κ2) is 7.30. The van der Waals surface area contributed by atoms with E-state index in [1.54, 1.807) is 13.8 Å². The van der Waals surface area contributed by atoms with Gasteiger partial charge in [-0.2, -0.15) is 0 Å². The lowest BCUT2D eigenvalue weighted by Crippen LogP contribution is -2.49. The van der Waals surface area contributed by atoms with Gasteiger partial charge >= 0.3 is 11.9 Å². The van der Waals surface area contributed by atoms with E-state index >= 15 is 0 Å². The fraction of sp³-hybridized carbons (Fsp3) is 0.333. The van der Waals surface area contributed by atoms with Crippen LogP contribution in [0.1, 0.15) is 31.7 Å². The molecule has 0 radical (unpaired) electrons. The Morgan fingerprint density at radius 2 is 1.77 bits per heavy atom. The number of nitrogens with one attached hydrogen (secondary N) is 1. The van der Waals surface area contributed by atoms with E-state index < -0.39 is 23.5 Å². The van der Waals surface area contributed by atoms with Crippen molar-refractivity contribution in [3.8, 4) is 11.1 Å². The molecule has 2 aromatic rings. The number of hydrogen-bond acceptors (Lipinski definition) is 4. The maximum Gasteiger partial charge on any atom is 0.324 e. The highest BCUT2D eigenvalue weighted by Crippen LogP contribution is 2.52. The molecule has 0 aromatic heterocycles. The zero-order valence-electron chi connectivity index (χ0n) is 14.9. The van der Waals surface area contributed by atoms with Crippen molar-refractivity contribution in [1.29, 1.82) is 0 Å². The molecule has 0 spiro atoms. The van der Waals surface area contributed by atoms with Crippen molar-refractivity contribution >= 4 is 11.9 Å². The van der Waals surface area contributed by atoms with Crippen LogP contribution in [0.5, 0.6) is 0 Å². The SMILES string of the molecule is CCOC(=O)[C@H](C)NC1(C(=O)O)CC1c1ccc(-c2ccccc2)cc1. The van der Waals surface area contributed by atoms with E-state index in [0.717, 1.165) is 16.7 Å². The van der Waals surface area contributed by atoms with Crippen LogP contribution in [0.2, 0.25) is 0 Å². The molecule has 1 aliphatic carbocycles. The fourth-order valence-electron chi connectivity index (χ4n) is 3.37. The maximum absolute atomic E-state index is 11.9. The van der Waals surface area contributed by atoms with E-state index in [4.69, 9.17) is 4.74 Å². The maximum atomic E-state index is 11.9. The Balaban J connectivity index is 1.75. The molecule has 5 heteroatoms. The minimum atomic E-state index is -1.11. The average molecular weight is 353 g/mol. The minimum absolute atomic E-state index is 0.165. The molecule has 3 rings (SSSR count). The van der Waals surface area contributed by atoms with Crippen LogP contribution in [0.3, 0.4) is 0 Å². The largest absolute Gasteiger partial charge is 0.480 e. The topological polar surface area (TPSA) is 75.6 Å². The van der Waals surface area contributed by atoms with Crippen molar-refractivity contribution in [1.82, 2.24) is 5.32 Å².